The summed E-state index contributed by atoms with van der Waals surface area (Å²) in [5.74, 6) is -1.57. The molecule has 0 radical (unpaired) electrons. The van der Waals surface area contributed by atoms with E-state index in [0.717, 1.165) is 16.7 Å². The number of esters is 1. The number of Topliss-reactive ketones (excluding diaryl/α,β-unsaturated/α-hetero) is 1. The normalized spacial score (nSPS) is 20.1. The molecule has 0 fully saturated rings. The van der Waals surface area contributed by atoms with Gasteiger partial charge in [0.05, 0.1) is 46.8 Å². The number of allylic oxidation sites excluding steroid dienone is 2. The molecule has 0 saturated carbocycles. The van der Waals surface area contributed by atoms with Crippen molar-refractivity contribution >= 4 is 46.2 Å². The topological polar surface area (TPSA) is 178 Å². The number of phenolic OH excluding ortho intramolecular Hbond substituents is 1. The molecule has 2 aromatic rings. The third kappa shape index (κ3) is 6.58. The number of nitrogens with one attached hydrogen (secondary N) is 1. The Hall–Kier alpha value is -5.17. The summed E-state index contributed by atoms with van der Waals surface area (Å²) in [5.41, 5.74) is 2.39. The number of ketones is 1. The summed E-state index contributed by atoms with van der Waals surface area (Å²) in [6, 6.07) is 4.84. The van der Waals surface area contributed by atoms with E-state index in [0.29, 0.717) is 35.6 Å². The quantitative estimate of drug-likeness (QED) is 0.214. The zero-order valence-corrected chi connectivity index (χ0v) is 30.6. The predicted octanol–water partition coefficient (Wildman–Crippen LogP) is 4.57. The van der Waals surface area contributed by atoms with E-state index in [1.54, 1.807) is 43.9 Å². The highest BCUT2D eigenvalue weighted by Gasteiger charge is 2.46. The highest BCUT2D eigenvalue weighted by atomic mass is 16.6. The average molecular weight is 703 g/mol. The van der Waals surface area contributed by atoms with Crippen molar-refractivity contribution in [1.29, 1.82) is 0 Å². The molecule has 0 bridgehead atoms. The van der Waals surface area contributed by atoms with Crippen LogP contribution in [0.3, 0.4) is 0 Å². The number of aliphatic hydroxyl groups excluding tert-OH is 2. The van der Waals surface area contributed by atoms with Crippen LogP contribution in [0.4, 0.5) is 11.4 Å². The van der Waals surface area contributed by atoms with Crippen molar-refractivity contribution in [3.05, 3.63) is 62.9 Å². The molecule has 2 aliphatic heterocycles. The number of ether oxygens (including phenoxy) is 2. The van der Waals surface area contributed by atoms with Crippen LogP contribution in [0.1, 0.15) is 75.8 Å². The number of hydrogen-bond acceptors (Lipinski definition) is 11. The molecular weight excluding hydrogens is 656 g/mol. The Kier molecular flexibility index (Phi) is 9.83. The molecular formula is C38H46N4O9. The molecule has 4 N–H and O–H groups in total. The lowest BCUT2D eigenvalue weighted by Crippen LogP contribution is -2.46. The Morgan fingerprint density at radius 3 is 2.31 bits per heavy atom. The highest BCUT2D eigenvalue weighted by Crippen LogP contribution is 2.45. The van der Waals surface area contributed by atoms with Gasteiger partial charge in [-0.15, -0.1) is 0 Å². The first-order valence-electron chi connectivity index (χ1n) is 16.9. The van der Waals surface area contributed by atoms with Crippen LogP contribution < -0.4 is 15.0 Å². The maximum atomic E-state index is 13.5. The molecule has 1 atom stereocenters. The van der Waals surface area contributed by atoms with Crippen LogP contribution in [-0.2, 0) is 30.3 Å². The van der Waals surface area contributed by atoms with Gasteiger partial charge in [0.25, 0.3) is 5.91 Å². The van der Waals surface area contributed by atoms with Gasteiger partial charge in [-0.3, -0.25) is 14.4 Å². The molecule has 2 amide bonds. The van der Waals surface area contributed by atoms with E-state index in [2.05, 4.69) is 10.4 Å². The number of hydrazone groups is 1. The summed E-state index contributed by atoms with van der Waals surface area (Å²) < 4.78 is 12.0. The number of carbonyl (C=O) groups is 4. The average Bonchev–Trinajstić information content (AvgIpc) is 3.36. The van der Waals surface area contributed by atoms with E-state index in [1.165, 1.54) is 11.9 Å². The molecule has 0 spiro atoms. The second-order valence-corrected chi connectivity index (χ2v) is 14.4. The third-order valence-corrected chi connectivity index (χ3v) is 9.70. The summed E-state index contributed by atoms with van der Waals surface area (Å²) in [6.45, 7) is 15.6. The van der Waals surface area contributed by atoms with Crippen LogP contribution in [0.15, 0.2) is 40.2 Å². The molecule has 13 heteroatoms. The van der Waals surface area contributed by atoms with Gasteiger partial charge in [-0.25, -0.2) is 9.80 Å². The van der Waals surface area contributed by atoms with Crippen LogP contribution in [0.5, 0.6) is 11.5 Å². The number of hydrogen-bond donors (Lipinski definition) is 4. The highest BCUT2D eigenvalue weighted by molar-refractivity contribution is 6.44. The summed E-state index contributed by atoms with van der Waals surface area (Å²) in [6.07, 6.45) is 0.890. The first-order valence-corrected chi connectivity index (χ1v) is 16.9. The Morgan fingerprint density at radius 2 is 1.73 bits per heavy atom. The lowest BCUT2D eigenvalue weighted by Gasteiger charge is -2.36. The summed E-state index contributed by atoms with van der Waals surface area (Å²) in [4.78, 5) is 54.1. The molecule has 51 heavy (non-hydrogen) atoms. The summed E-state index contributed by atoms with van der Waals surface area (Å²) in [5, 5.41) is 39.8. The van der Waals surface area contributed by atoms with Gasteiger partial charge in [-0.2, -0.15) is 5.10 Å². The van der Waals surface area contributed by atoms with Gasteiger partial charge in [0, 0.05) is 36.7 Å². The standard InChI is InChI=1S/C38H46N4O9/c1-19-20(2)34-25(21(3)31(19)45)12-13-38(9,51-34)36(49)50-17-15-41(14-16-43)24-10-11-26(27(18-24)39-23(5)44)29-32(46)30(33(29)47)28-22(4)40-42(35(28)48)37(6,7)8/h10-11,18,43,45-46H,12-17H2,1-9H3,(H,39,44). The number of amides is 2. The van der Waals surface area contributed by atoms with Gasteiger partial charge < -0.3 is 35.0 Å². The number of aromatic hydroxyl groups is 1. The van der Waals surface area contributed by atoms with E-state index >= 15 is 0 Å². The van der Waals surface area contributed by atoms with Gasteiger partial charge in [0.1, 0.15) is 23.9 Å². The van der Waals surface area contributed by atoms with Gasteiger partial charge in [-0.1, -0.05) is 0 Å². The minimum absolute atomic E-state index is 0.0360. The van der Waals surface area contributed by atoms with Crippen LogP contribution in [0, 0.1) is 20.8 Å². The number of rotatable bonds is 9. The lowest BCUT2D eigenvalue weighted by molar-refractivity contribution is -0.162. The second-order valence-electron chi connectivity index (χ2n) is 14.4. The summed E-state index contributed by atoms with van der Waals surface area (Å²) in [7, 11) is 0. The van der Waals surface area contributed by atoms with Gasteiger partial charge in [0.15, 0.2) is 0 Å². The first kappa shape index (κ1) is 37.1. The molecule has 1 unspecified atom stereocenters. The maximum absolute atomic E-state index is 13.5. The number of nitrogens with zero attached hydrogens (tertiary/aromatic N) is 3. The first-order chi connectivity index (χ1) is 23.8. The van der Waals surface area contributed by atoms with E-state index in [4.69, 9.17) is 9.47 Å². The molecule has 2 aromatic carbocycles. The fourth-order valence-electron chi connectivity index (χ4n) is 6.66. The van der Waals surface area contributed by atoms with E-state index in [-0.39, 0.29) is 65.8 Å². The molecule has 1 aliphatic carbocycles. The number of fused-ring (bicyclic) bond motifs is 1. The number of aliphatic hydroxyl groups is 2. The van der Waals surface area contributed by atoms with Crippen molar-refractivity contribution in [3.63, 3.8) is 0 Å². The minimum atomic E-state index is -1.24. The van der Waals surface area contributed by atoms with E-state index in [9.17, 15) is 34.5 Å². The molecule has 13 nitrogen and oxygen atoms in total. The SMILES string of the molecule is CC(=O)Nc1cc(N(CCO)CCOC(=O)C2(C)CCc3c(C)c(O)c(C)c(C)c3O2)ccc1C1=C(O)C(=C2C(=O)N(C(C)(C)C)N=C2C)C1=O. The molecule has 0 aromatic heterocycles. The molecule has 272 valence electrons. The maximum Gasteiger partial charge on any atom is 0.350 e. The lowest BCUT2D eigenvalue weighted by atomic mass is 9.79. The molecule has 5 rings (SSSR count). The zero-order valence-electron chi connectivity index (χ0n) is 30.6. The largest absolute Gasteiger partial charge is 0.507 e. The van der Waals surface area contributed by atoms with Crippen molar-refractivity contribution in [2.24, 2.45) is 5.10 Å². The molecule has 3 aliphatic rings. The Bertz CT molecular complexity index is 1950. The van der Waals surface area contributed by atoms with Crippen molar-refractivity contribution in [3.8, 4) is 11.5 Å². The van der Waals surface area contributed by atoms with Gasteiger partial charge in [0.2, 0.25) is 17.3 Å². The monoisotopic (exact) mass is 702 g/mol. The van der Waals surface area contributed by atoms with Crippen LogP contribution in [0.2, 0.25) is 0 Å². The smallest absolute Gasteiger partial charge is 0.350 e. The Labute approximate surface area is 297 Å². The van der Waals surface area contributed by atoms with Crippen molar-refractivity contribution in [2.75, 3.05) is 36.5 Å². The molecule has 0 saturated heterocycles. The van der Waals surface area contributed by atoms with Crippen molar-refractivity contribution in [2.45, 2.75) is 86.3 Å². The number of carbonyl (C=O) groups excluding carboxylic acids is 4. The number of anilines is 2. The van der Waals surface area contributed by atoms with Gasteiger partial charge in [-0.05, 0) is 96.7 Å². The molecule has 2 heterocycles. The minimum Gasteiger partial charge on any atom is -0.507 e. The predicted molar refractivity (Wildman–Crippen MR) is 192 cm³/mol. The Morgan fingerprint density at radius 1 is 1.04 bits per heavy atom. The van der Waals surface area contributed by atoms with Crippen LogP contribution in [0.25, 0.3) is 5.57 Å². The van der Waals surface area contributed by atoms with E-state index in [1.807, 2.05) is 34.6 Å². The third-order valence-electron chi connectivity index (χ3n) is 9.70. The van der Waals surface area contributed by atoms with E-state index < -0.39 is 34.7 Å². The zero-order chi connectivity index (χ0) is 37.7. The fraction of sp³-hybridized carbons (Fsp3) is 0.447. The summed E-state index contributed by atoms with van der Waals surface area (Å²) >= 11 is 0. The number of phenols is 1. The van der Waals surface area contributed by atoms with Crippen LogP contribution >= 0.6 is 0 Å². The van der Waals surface area contributed by atoms with Crippen LogP contribution in [-0.4, -0.2) is 87.1 Å². The number of benzene rings is 2. The van der Waals surface area contributed by atoms with Gasteiger partial charge >= 0.3 is 5.97 Å². The Balaban J connectivity index is 1.36. The fourth-order valence-corrected chi connectivity index (χ4v) is 6.66. The van der Waals surface area contributed by atoms with Crippen molar-refractivity contribution in [1.82, 2.24) is 5.01 Å². The van der Waals surface area contributed by atoms with Crippen molar-refractivity contribution < 1.29 is 44.0 Å². The second kappa shape index (κ2) is 13.5.